The van der Waals surface area contributed by atoms with E-state index in [2.05, 4.69) is 29.1 Å². The molecule has 0 radical (unpaired) electrons. The van der Waals surface area contributed by atoms with Gasteiger partial charge in [0, 0.05) is 29.8 Å². The van der Waals surface area contributed by atoms with E-state index in [4.69, 9.17) is 4.74 Å². The Balaban J connectivity index is 1.39. The predicted octanol–water partition coefficient (Wildman–Crippen LogP) is 5.54. The van der Waals surface area contributed by atoms with Crippen LogP contribution in [0.4, 0.5) is 4.39 Å². The SMILES string of the molecule is CN(C)CC1CC(n2ccc(-c3ccc4ccc(Oc5ccccc5)nc4c3F)n2)C1. The van der Waals surface area contributed by atoms with E-state index in [0.29, 0.717) is 34.8 Å². The van der Waals surface area contributed by atoms with Crippen molar-refractivity contribution in [3.8, 4) is 22.9 Å². The lowest BCUT2D eigenvalue weighted by Gasteiger charge is -2.36. The molecule has 1 aliphatic rings. The zero-order valence-electron chi connectivity index (χ0n) is 17.7. The van der Waals surface area contributed by atoms with E-state index in [0.717, 1.165) is 24.8 Å². The number of pyridine rings is 1. The first kappa shape index (κ1) is 19.7. The van der Waals surface area contributed by atoms with Crippen molar-refractivity contribution in [1.82, 2.24) is 19.7 Å². The zero-order chi connectivity index (χ0) is 21.4. The molecule has 0 bridgehead atoms. The molecule has 1 saturated carbocycles. The molecule has 2 aromatic heterocycles. The molecule has 0 amide bonds. The second-order valence-corrected chi connectivity index (χ2v) is 8.50. The van der Waals surface area contributed by atoms with Crippen LogP contribution in [-0.2, 0) is 0 Å². The van der Waals surface area contributed by atoms with Gasteiger partial charge in [-0.15, -0.1) is 0 Å². The topological polar surface area (TPSA) is 43.2 Å². The fourth-order valence-electron chi connectivity index (χ4n) is 4.27. The molecule has 1 aliphatic carbocycles. The second-order valence-electron chi connectivity index (χ2n) is 8.50. The number of nitrogens with zero attached hydrogens (tertiary/aromatic N) is 4. The van der Waals surface area contributed by atoms with E-state index in [1.165, 1.54) is 0 Å². The molecule has 2 heterocycles. The minimum atomic E-state index is -0.375. The Morgan fingerprint density at radius 2 is 1.81 bits per heavy atom. The van der Waals surface area contributed by atoms with Crippen molar-refractivity contribution in [3.63, 3.8) is 0 Å². The van der Waals surface area contributed by atoms with Gasteiger partial charge in [0.25, 0.3) is 0 Å². The largest absolute Gasteiger partial charge is 0.439 e. The molecule has 0 spiro atoms. The summed E-state index contributed by atoms with van der Waals surface area (Å²) in [4.78, 5) is 6.65. The van der Waals surface area contributed by atoms with Gasteiger partial charge in [-0.2, -0.15) is 5.10 Å². The van der Waals surface area contributed by atoms with Gasteiger partial charge in [0.15, 0.2) is 5.82 Å². The van der Waals surface area contributed by atoms with E-state index in [9.17, 15) is 0 Å². The summed E-state index contributed by atoms with van der Waals surface area (Å²) in [5, 5.41) is 5.41. The second kappa shape index (κ2) is 8.12. The van der Waals surface area contributed by atoms with Crippen LogP contribution >= 0.6 is 0 Å². The van der Waals surface area contributed by atoms with Gasteiger partial charge in [-0.05, 0) is 63.2 Å². The van der Waals surface area contributed by atoms with Crippen LogP contribution in [0.2, 0.25) is 0 Å². The summed E-state index contributed by atoms with van der Waals surface area (Å²) in [5.74, 6) is 1.36. The number of aromatic nitrogens is 3. The first-order chi connectivity index (χ1) is 15.1. The molecule has 0 N–H and O–H groups in total. The summed E-state index contributed by atoms with van der Waals surface area (Å²) < 4.78 is 23.2. The van der Waals surface area contributed by atoms with Crippen molar-refractivity contribution in [1.29, 1.82) is 0 Å². The third kappa shape index (κ3) is 4.03. The van der Waals surface area contributed by atoms with Crippen molar-refractivity contribution in [2.75, 3.05) is 20.6 Å². The highest BCUT2D eigenvalue weighted by molar-refractivity contribution is 5.85. The summed E-state index contributed by atoms with van der Waals surface area (Å²) in [6, 6.07) is 18.9. The lowest BCUT2D eigenvalue weighted by Crippen LogP contribution is -2.34. The molecular weight excluding hydrogens is 391 g/mol. The van der Waals surface area contributed by atoms with Gasteiger partial charge in [0.1, 0.15) is 11.3 Å². The Morgan fingerprint density at radius 3 is 2.58 bits per heavy atom. The Kier molecular flexibility index (Phi) is 5.16. The van der Waals surface area contributed by atoms with Crippen LogP contribution in [0.15, 0.2) is 66.9 Å². The molecule has 0 unspecified atom stereocenters. The fourth-order valence-corrected chi connectivity index (χ4v) is 4.27. The van der Waals surface area contributed by atoms with Gasteiger partial charge in [0.2, 0.25) is 5.88 Å². The fraction of sp³-hybridized carbons (Fsp3) is 0.280. The molecule has 0 aliphatic heterocycles. The highest BCUT2D eigenvalue weighted by Crippen LogP contribution is 2.38. The van der Waals surface area contributed by atoms with Crippen LogP contribution in [0, 0.1) is 11.7 Å². The molecule has 1 fully saturated rings. The van der Waals surface area contributed by atoms with Crippen molar-refractivity contribution in [2.24, 2.45) is 5.92 Å². The van der Waals surface area contributed by atoms with Crippen molar-refractivity contribution < 1.29 is 9.13 Å². The molecule has 5 rings (SSSR count). The smallest absolute Gasteiger partial charge is 0.219 e. The number of halogens is 1. The number of fused-ring (bicyclic) bond motifs is 1. The van der Waals surface area contributed by atoms with Crippen molar-refractivity contribution in [3.05, 3.63) is 72.7 Å². The molecule has 2 aromatic carbocycles. The molecule has 31 heavy (non-hydrogen) atoms. The first-order valence-electron chi connectivity index (χ1n) is 10.6. The highest BCUT2D eigenvalue weighted by atomic mass is 19.1. The monoisotopic (exact) mass is 416 g/mol. The molecule has 6 heteroatoms. The standard InChI is InChI=1S/C25H25FN4O/c1-29(2)16-17-14-19(15-17)30-13-12-22(28-30)21-10-8-18-9-11-23(27-25(18)24(21)26)31-20-6-4-3-5-7-20/h3-13,17,19H,14-16H2,1-2H3. The highest BCUT2D eigenvalue weighted by Gasteiger charge is 2.31. The summed E-state index contributed by atoms with van der Waals surface area (Å²) >= 11 is 0. The summed E-state index contributed by atoms with van der Waals surface area (Å²) in [6.07, 6.45) is 4.18. The first-order valence-corrected chi connectivity index (χ1v) is 10.6. The van der Waals surface area contributed by atoms with Crippen LogP contribution < -0.4 is 4.74 Å². The van der Waals surface area contributed by atoms with E-state index in [-0.39, 0.29) is 11.3 Å². The Labute approximate surface area is 181 Å². The number of hydrogen-bond donors (Lipinski definition) is 0. The van der Waals surface area contributed by atoms with Crippen LogP contribution in [0.5, 0.6) is 11.6 Å². The maximum atomic E-state index is 15.4. The van der Waals surface area contributed by atoms with E-state index in [1.807, 2.05) is 59.4 Å². The lowest BCUT2D eigenvalue weighted by atomic mass is 9.80. The third-order valence-corrected chi connectivity index (χ3v) is 5.83. The Morgan fingerprint density at radius 1 is 1.03 bits per heavy atom. The Bertz CT molecular complexity index is 1200. The van der Waals surface area contributed by atoms with Crippen molar-refractivity contribution in [2.45, 2.75) is 18.9 Å². The molecule has 0 atom stereocenters. The van der Waals surface area contributed by atoms with Gasteiger partial charge in [0.05, 0.1) is 11.7 Å². The molecule has 5 nitrogen and oxygen atoms in total. The molecular formula is C25H25FN4O. The van der Waals surface area contributed by atoms with Gasteiger partial charge in [-0.25, -0.2) is 9.37 Å². The Hall–Kier alpha value is -3.25. The van der Waals surface area contributed by atoms with Gasteiger partial charge < -0.3 is 9.64 Å². The van der Waals surface area contributed by atoms with Crippen LogP contribution in [0.3, 0.4) is 0 Å². The summed E-state index contributed by atoms with van der Waals surface area (Å²) in [5.41, 5.74) is 1.38. The number of ether oxygens (including phenoxy) is 1. The van der Waals surface area contributed by atoms with E-state index < -0.39 is 0 Å². The molecule has 158 valence electrons. The summed E-state index contributed by atoms with van der Waals surface area (Å²) in [7, 11) is 4.21. The third-order valence-electron chi connectivity index (χ3n) is 5.83. The normalized spacial score (nSPS) is 18.3. The number of benzene rings is 2. The summed E-state index contributed by atoms with van der Waals surface area (Å²) in [6.45, 7) is 1.10. The van der Waals surface area contributed by atoms with Gasteiger partial charge in [-0.1, -0.05) is 24.3 Å². The minimum Gasteiger partial charge on any atom is -0.439 e. The van der Waals surface area contributed by atoms with E-state index >= 15 is 4.39 Å². The maximum absolute atomic E-state index is 15.4. The lowest BCUT2D eigenvalue weighted by molar-refractivity contribution is 0.146. The van der Waals surface area contributed by atoms with Crippen LogP contribution in [-0.4, -0.2) is 40.3 Å². The van der Waals surface area contributed by atoms with E-state index in [1.54, 1.807) is 12.1 Å². The predicted molar refractivity (Wildman–Crippen MR) is 120 cm³/mol. The maximum Gasteiger partial charge on any atom is 0.219 e. The zero-order valence-corrected chi connectivity index (χ0v) is 17.7. The number of para-hydroxylation sites is 1. The number of hydrogen-bond acceptors (Lipinski definition) is 4. The van der Waals surface area contributed by atoms with Crippen molar-refractivity contribution >= 4 is 10.9 Å². The van der Waals surface area contributed by atoms with Gasteiger partial charge in [-0.3, -0.25) is 4.68 Å². The molecule has 0 saturated heterocycles. The average Bonchev–Trinajstić information content (AvgIpc) is 3.21. The number of rotatable bonds is 6. The average molecular weight is 417 g/mol. The quantitative estimate of drug-likeness (QED) is 0.414. The minimum absolute atomic E-state index is 0.287. The van der Waals surface area contributed by atoms with Crippen LogP contribution in [0.1, 0.15) is 18.9 Å². The molecule has 4 aromatic rings. The van der Waals surface area contributed by atoms with Crippen LogP contribution in [0.25, 0.3) is 22.2 Å². The van der Waals surface area contributed by atoms with Gasteiger partial charge >= 0.3 is 0 Å².